The molecule has 0 bridgehead atoms. The van der Waals surface area contributed by atoms with E-state index in [1.807, 2.05) is 11.8 Å². The number of hydrogen-bond donors (Lipinski definition) is 2. The van der Waals surface area contributed by atoms with Gasteiger partial charge in [-0.3, -0.25) is 4.79 Å². The quantitative estimate of drug-likeness (QED) is 0.656. The Morgan fingerprint density at radius 2 is 2.35 bits per heavy atom. The smallest absolute Gasteiger partial charge is 0.220 e. The third-order valence-corrected chi connectivity index (χ3v) is 4.11. The summed E-state index contributed by atoms with van der Waals surface area (Å²) in [4.78, 5) is 11.6. The Kier molecular flexibility index (Phi) is 8.53. The second-order valence-corrected chi connectivity index (χ2v) is 5.98. The highest BCUT2D eigenvalue weighted by molar-refractivity contribution is 7.99. The van der Waals surface area contributed by atoms with Gasteiger partial charge in [0.25, 0.3) is 0 Å². The molecule has 0 spiro atoms. The van der Waals surface area contributed by atoms with E-state index < -0.39 is 0 Å². The molecule has 1 atom stereocenters. The molecule has 0 aliphatic carbocycles. The molecule has 1 aliphatic heterocycles. The van der Waals surface area contributed by atoms with Crippen LogP contribution >= 0.6 is 11.8 Å². The molecule has 0 aromatic heterocycles. The second-order valence-electron chi connectivity index (χ2n) is 4.59. The first-order chi connectivity index (χ1) is 8.33. The maximum absolute atomic E-state index is 11.6. The minimum Gasteiger partial charge on any atom is -0.356 e. The normalized spacial score (nSPS) is 20.2. The molecule has 0 saturated carbocycles. The SMILES string of the molecule is CCSCCCNC(=O)CCC1CCCCN1. The molecular weight excluding hydrogens is 232 g/mol. The average molecular weight is 258 g/mol. The first-order valence-electron chi connectivity index (χ1n) is 6.90. The number of carbonyl (C=O) groups excluding carboxylic acids is 1. The monoisotopic (exact) mass is 258 g/mol. The molecule has 0 aromatic carbocycles. The van der Waals surface area contributed by atoms with E-state index in [1.54, 1.807) is 0 Å². The van der Waals surface area contributed by atoms with Crippen molar-refractivity contribution in [3.63, 3.8) is 0 Å². The van der Waals surface area contributed by atoms with E-state index in [9.17, 15) is 4.79 Å². The number of hydrogen-bond acceptors (Lipinski definition) is 3. The molecule has 2 N–H and O–H groups in total. The van der Waals surface area contributed by atoms with Crippen molar-refractivity contribution in [1.82, 2.24) is 10.6 Å². The Hall–Kier alpha value is -0.220. The summed E-state index contributed by atoms with van der Waals surface area (Å²) >= 11 is 1.93. The van der Waals surface area contributed by atoms with Crippen molar-refractivity contribution in [3.05, 3.63) is 0 Å². The molecule has 1 fully saturated rings. The first-order valence-corrected chi connectivity index (χ1v) is 8.06. The molecule has 1 aliphatic rings. The second kappa shape index (κ2) is 9.77. The molecule has 0 aromatic rings. The summed E-state index contributed by atoms with van der Waals surface area (Å²) in [5.41, 5.74) is 0. The zero-order valence-electron chi connectivity index (χ0n) is 11.0. The van der Waals surface area contributed by atoms with Crippen molar-refractivity contribution < 1.29 is 4.79 Å². The Labute approximate surface area is 109 Å². The van der Waals surface area contributed by atoms with E-state index in [0.29, 0.717) is 12.5 Å². The van der Waals surface area contributed by atoms with Crippen molar-refractivity contribution in [2.75, 3.05) is 24.6 Å². The van der Waals surface area contributed by atoms with Crippen molar-refractivity contribution in [2.45, 2.75) is 51.5 Å². The van der Waals surface area contributed by atoms with E-state index in [4.69, 9.17) is 0 Å². The van der Waals surface area contributed by atoms with Crippen LogP contribution in [0.15, 0.2) is 0 Å². The third-order valence-electron chi connectivity index (χ3n) is 3.12. The maximum atomic E-state index is 11.6. The number of carbonyl (C=O) groups is 1. The largest absolute Gasteiger partial charge is 0.356 e. The van der Waals surface area contributed by atoms with Gasteiger partial charge in [-0.15, -0.1) is 0 Å². The standard InChI is InChI=1S/C13H26N2OS/c1-2-17-11-5-10-15-13(16)8-7-12-6-3-4-9-14-12/h12,14H,2-11H2,1H3,(H,15,16). The molecule has 1 amide bonds. The number of nitrogens with one attached hydrogen (secondary N) is 2. The summed E-state index contributed by atoms with van der Waals surface area (Å²) in [6.07, 6.45) is 6.60. The maximum Gasteiger partial charge on any atom is 0.220 e. The van der Waals surface area contributed by atoms with Crippen molar-refractivity contribution in [1.29, 1.82) is 0 Å². The molecule has 1 rings (SSSR count). The Balaban J connectivity index is 1.93. The van der Waals surface area contributed by atoms with Crippen LogP contribution in [0.4, 0.5) is 0 Å². The zero-order chi connectivity index (χ0) is 12.3. The average Bonchev–Trinajstić information content (AvgIpc) is 2.37. The molecule has 3 nitrogen and oxygen atoms in total. The summed E-state index contributed by atoms with van der Waals surface area (Å²) in [6, 6.07) is 0.574. The van der Waals surface area contributed by atoms with Crippen LogP contribution in [-0.2, 0) is 4.79 Å². The number of piperidine rings is 1. The van der Waals surface area contributed by atoms with Gasteiger partial charge in [0.1, 0.15) is 0 Å². The topological polar surface area (TPSA) is 41.1 Å². The predicted octanol–water partition coefficient (Wildman–Crippen LogP) is 2.17. The molecule has 100 valence electrons. The van der Waals surface area contributed by atoms with Crippen molar-refractivity contribution in [3.8, 4) is 0 Å². The van der Waals surface area contributed by atoms with Crippen LogP contribution in [0.25, 0.3) is 0 Å². The van der Waals surface area contributed by atoms with Crippen LogP contribution in [-0.4, -0.2) is 36.5 Å². The van der Waals surface area contributed by atoms with Gasteiger partial charge in [-0.05, 0) is 43.7 Å². The lowest BCUT2D eigenvalue weighted by Crippen LogP contribution is -2.35. The van der Waals surface area contributed by atoms with E-state index in [1.165, 1.54) is 25.0 Å². The van der Waals surface area contributed by atoms with Crippen LogP contribution in [0, 0.1) is 0 Å². The lowest BCUT2D eigenvalue weighted by Gasteiger charge is -2.23. The van der Waals surface area contributed by atoms with E-state index in [2.05, 4.69) is 17.6 Å². The van der Waals surface area contributed by atoms with Gasteiger partial charge in [-0.25, -0.2) is 0 Å². The molecule has 1 saturated heterocycles. The van der Waals surface area contributed by atoms with Crippen molar-refractivity contribution >= 4 is 17.7 Å². The van der Waals surface area contributed by atoms with Gasteiger partial charge in [-0.1, -0.05) is 13.3 Å². The van der Waals surface area contributed by atoms with E-state index in [-0.39, 0.29) is 5.91 Å². The van der Waals surface area contributed by atoms with Gasteiger partial charge in [0.15, 0.2) is 0 Å². The highest BCUT2D eigenvalue weighted by Crippen LogP contribution is 2.11. The first kappa shape index (κ1) is 14.8. The number of rotatable bonds is 8. The number of thioether (sulfide) groups is 1. The third kappa shape index (κ3) is 7.66. The van der Waals surface area contributed by atoms with Gasteiger partial charge in [0.2, 0.25) is 5.91 Å². The predicted molar refractivity (Wildman–Crippen MR) is 75.5 cm³/mol. The van der Waals surface area contributed by atoms with Crippen LogP contribution in [0.5, 0.6) is 0 Å². The van der Waals surface area contributed by atoms with Gasteiger partial charge in [-0.2, -0.15) is 11.8 Å². The summed E-state index contributed by atoms with van der Waals surface area (Å²) in [5, 5.41) is 6.48. The van der Waals surface area contributed by atoms with Crippen LogP contribution in [0.1, 0.15) is 45.4 Å². The molecule has 1 heterocycles. The summed E-state index contributed by atoms with van der Waals surface area (Å²) in [5.74, 6) is 2.54. The summed E-state index contributed by atoms with van der Waals surface area (Å²) in [6.45, 7) is 4.13. The van der Waals surface area contributed by atoms with Crippen molar-refractivity contribution in [2.24, 2.45) is 0 Å². The van der Waals surface area contributed by atoms with E-state index >= 15 is 0 Å². The fourth-order valence-corrected chi connectivity index (χ4v) is 2.75. The van der Waals surface area contributed by atoms with E-state index in [0.717, 1.165) is 31.7 Å². The van der Waals surface area contributed by atoms with Gasteiger partial charge in [0.05, 0.1) is 0 Å². The van der Waals surface area contributed by atoms with Crippen LogP contribution in [0.2, 0.25) is 0 Å². The molecule has 1 unspecified atom stereocenters. The molecule has 0 radical (unpaired) electrons. The van der Waals surface area contributed by atoms with Crippen LogP contribution < -0.4 is 10.6 Å². The Morgan fingerprint density at radius 3 is 3.06 bits per heavy atom. The van der Waals surface area contributed by atoms with Crippen LogP contribution in [0.3, 0.4) is 0 Å². The number of amides is 1. The highest BCUT2D eigenvalue weighted by atomic mass is 32.2. The zero-order valence-corrected chi connectivity index (χ0v) is 11.8. The highest BCUT2D eigenvalue weighted by Gasteiger charge is 2.13. The molecule has 17 heavy (non-hydrogen) atoms. The lowest BCUT2D eigenvalue weighted by atomic mass is 10.0. The minimum atomic E-state index is 0.221. The fourth-order valence-electron chi connectivity index (χ4n) is 2.11. The summed E-state index contributed by atoms with van der Waals surface area (Å²) < 4.78 is 0. The van der Waals surface area contributed by atoms with Gasteiger partial charge < -0.3 is 10.6 Å². The van der Waals surface area contributed by atoms with Gasteiger partial charge >= 0.3 is 0 Å². The van der Waals surface area contributed by atoms with Gasteiger partial charge in [0, 0.05) is 19.0 Å². The minimum absolute atomic E-state index is 0.221. The Morgan fingerprint density at radius 1 is 1.47 bits per heavy atom. The molecular formula is C13H26N2OS. The Bertz CT molecular complexity index is 206. The summed E-state index contributed by atoms with van der Waals surface area (Å²) in [7, 11) is 0. The fraction of sp³-hybridized carbons (Fsp3) is 0.923. The molecule has 4 heteroatoms. The lowest BCUT2D eigenvalue weighted by molar-refractivity contribution is -0.121.